The third kappa shape index (κ3) is 4.12. The lowest BCUT2D eigenvalue weighted by atomic mass is 9.96. The molecule has 130 valence electrons. The normalized spacial score (nSPS) is 19.0. The summed E-state index contributed by atoms with van der Waals surface area (Å²) in [4.78, 5) is 24.5. The third-order valence-corrected chi connectivity index (χ3v) is 4.12. The lowest BCUT2D eigenvalue weighted by Crippen LogP contribution is -2.53. The van der Waals surface area contributed by atoms with Gasteiger partial charge >= 0.3 is 6.09 Å². The molecule has 1 aliphatic heterocycles. The van der Waals surface area contributed by atoms with Crippen molar-refractivity contribution in [2.75, 3.05) is 11.6 Å². The van der Waals surface area contributed by atoms with E-state index in [1.54, 1.807) is 38.1 Å². The van der Waals surface area contributed by atoms with Crippen LogP contribution in [0.15, 0.2) is 35.4 Å². The zero-order chi connectivity index (χ0) is 17.9. The molecule has 2 atom stereocenters. The van der Waals surface area contributed by atoms with Gasteiger partial charge in [-0.25, -0.2) is 9.80 Å². The molecule has 0 spiro atoms. The second-order valence-electron chi connectivity index (χ2n) is 5.09. The molecule has 0 saturated heterocycles. The van der Waals surface area contributed by atoms with E-state index in [0.717, 1.165) is 0 Å². The molecule has 1 heterocycles. The van der Waals surface area contributed by atoms with E-state index < -0.39 is 27.8 Å². The van der Waals surface area contributed by atoms with Crippen molar-refractivity contribution in [3.8, 4) is 0 Å². The van der Waals surface area contributed by atoms with Gasteiger partial charge in [0.05, 0.1) is 24.0 Å². The highest BCUT2D eigenvalue weighted by atomic mass is 35.6. The number of alkyl halides is 3. The molecule has 24 heavy (non-hydrogen) atoms. The largest absolute Gasteiger partial charge is 0.450 e. The molecule has 0 radical (unpaired) electrons. The van der Waals surface area contributed by atoms with E-state index in [1.165, 1.54) is 5.01 Å². The molecule has 2 amide bonds. The summed E-state index contributed by atoms with van der Waals surface area (Å²) in [6.07, 6.45) is -0.771. The fraction of sp³-hybridized carbons (Fsp3) is 0.400. The van der Waals surface area contributed by atoms with Gasteiger partial charge in [0.1, 0.15) is 5.92 Å². The van der Waals surface area contributed by atoms with Gasteiger partial charge in [-0.2, -0.15) is 5.10 Å². The number of para-hydroxylation sites is 1. The highest BCUT2D eigenvalue weighted by Gasteiger charge is 2.49. The van der Waals surface area contributed by atoms with Crippen molar-refractivity contribution in [1.82, 2.24) is 5.32 Å². The number of benzene rings is 1. The number of halogens is 3. The van der Waals surface area contributed by atoms with Gasteiger partial charge in [-0.05, 0) is 26.0 Å². The van der Waals surface area contributed by atoms with Crippen LogP contribution < -0.4 is 10.3 Å². The Bertz CT molecular complexity index is 646. The van der Waals surface area contributed by atoms with Crippen molar-refractivity contribution < 1.29 is 14.3 Å². The molecule has 1 N–H and O–H groups in total. The maximum absolute atomic E-state index is 12.8. The minimum absolute atomic E-state index is 0.153. The summed E-state index contributed by atoms with van der Waals surface area (Å²) in [6.45, 7) is 3.44. The second-order valence-corrected chi connectivity index (χ2v) is 7.46. The Balaban J connectivity index is 2.29. The first-order valence-electron chi connectivity index (χ1n) is 7.19. The first-order chi connectivity index (χ1) is 11.3. The summed E-state index contributed by atoms with van der Waals surface area (Å²) < 4.78 is 2.90. The maximum Gasteiger partial charge on any atom is 0.407 e. The van der Waals surface area contributed by atoms with Crippen LogP contribution >= 0.6 is 34.8 Å². The van der Waals surface area contributed by atoms with Crippen LogP contribution in [0.2, 0.25) is 0 Å². The minimum atomic E-state index is -1.92. The highest BCUT2D eigenvalue weighted by Crippen LogP contribution is 2.38. The van der Waals surface area contributed by atoms with Gasteiger partial charge in [0.2, 0.25) is 3.79 Å². The first kappa shape index (κ1) is 18.8. The monoisotopic (exact) mass is 391 g/mol. The van der Waals surface area contributed by atoms with Gasteiger partial charge in [0.25, 0.3) is 5.91 Å². The molecular weight excluding hydrogens is 377 g/mol. The van der Waals surface area contributed by atoms with Crippen molar-refractivity contribution >= 4 is 58.2 Å². The van der Waals surface area contributed by atoms with Gasteiger partial charge in [-0.3, -0.25) is 4.79 Å². The van der Waals surface area contributed by atoms with Gasteiger partial charge in [0.15, 0.2) is 0 Å². The maximum atomic E-state index is 12.8. The van der Waals surface area contributed by atoms with Gasteiger partial charge in [-0.1, -0.05) is 53.0 Å². The third-order valence-electron chi connectivity index (χ3n) is 3.42. The molecule has 0 fully saturated rings. The zero-order valence-electron chi connectivity index (χ0n) is 13.0. The fourth-order valence-corrected chi connectivity index (χ4v) is 2.91. The number of rotatable bonds is 4. The van der Waals surface area contributed by atoms with Crippen LogP contribution in [0, 0.1) is 5.92 Å². The molecule has 2 rings (SSSR count). The number of amides is 2. The molecular formula is C15H16Cl3N3O3. The summed E-state index contributed by atoms with van der Waals surface area (Å²) in [5.41, 5.74) is 1.01. The molecule has 1 aromatic rings. The summed E-state index contributed by atoms with van der Waals surface area (Å²) in [7, 11) is 0. The molecule has 0 aliphatic carbocycles. The average molecular weight is 393 g/mol. The number of carbonyl (C=O) groups is 2. The van der Waals surface area contributed by atoms with Crippen LogP contribution in [0.5, 0.6) is 0 Å². The van der Waals surface area contributed by atoms with Crippen molar-refractivity contribution in [2.45, 2.75) is 23.7 Å². The van der Waals surface area contributed by atoms with E-state index in [2.05, 4.69) is 10.4 Å². The number of alkyl carbamates (subject to hydrolysis) is 1. The Hall–Kier alpha value is -1.50. The Morgan fingerprint density at radius 1 is 1.38 bits per heavy atom. The molecule has 0 saturated carbocycles. The summed E-state index contributed by atoms with van der Waals surface area (Å²) in [6, 6.07) is 7.74. The Morgan fingerprint density at radius 2 is 2.00 bits per heavy atom. The van der Waals surface area contributed by atoms with Crippen molar-refractivity contribution in [1.29, 1.82) is 0 Å². The van der Waals surface area contributed by atoms with Crippen molar-refractivity contribution in [3.05, 3.63) is 30.3 Å². The van der Waals surface area contributed by atoms with Crippen LogP contribution in [0.3, 0.4) is 0 Å². The van der Waals surface area contributed by atoms with Crippen LogP contribution in [0.1, 0.15) is 13.8 Å². The topological polar surface area (TPSA) is 71.0 Å². The predicted octanol–water partition coefficient (Wildman–Crippen LogP) is 3.51. The van der Waals surface area contributed by atoms with E-state index >= 15 is 0 Å². The SMILES string of the molecule is CCOC(=O)N[C@H]([C@@H]1C(=O)N(c2ccccc2)N=C1C)C(Cl)(Cl)Cl. The molecule has 6 nitrogen and oxygen atoms in total. The lowest BCUT2D eigenvalue weighted by molar-refractivity contribution is -0.120. The molecule has 1 aliphatic rings. The number of nitrogens with one attached hydrogen (secondary N) is 1. The number of nitrogens with zero attached hydrogens (tertiary/aromatic N) is 2. The minimum Gasteiger partial charge on any atom is -0.450 e. The van der Waals surface area contributed by atoms with Gasteiger partial charge in [-0.15, -0.1) is 0 Å². The fourth-order valence-electron chi connectivity index (χ4n) is 2.37. The summed E-state index contributed by atoms with van der Waals surface area (Å²) in [5.74, 6) is -1.31. The molecule has 0 unspecified atom stereocenters. The lowest BCUT2D eigenvalue weighted by Gasteiger charge is -2.29. The Kier molecular flexibility index (Phi) is 5.96. The number of anilines is 1. The molecule has 0 aromatic heterocycles. The quantitative estimate of drug-likeness (QED) is 0.797. The highest BCUT2D eigenvalue weighted by molar-refractivity contribution is 6.68. The van der Waals surface area contributed by atoms with E-state index in [0.29, 0.717) is 11.4 Å². The number of carbonyl (C=O) groups excluding carboxylic acids is 2. The van der Waals surface area contributed by atoms with E-state index in [9.17, 15) is 9.59 Å². The summed E-state index contributed by atoms with van der Waals surface area (Å²) in [5, 5.41) is 7.92. The van der Waals surface area contributed by atoms with E-state index in [-0.39, 0.29) is 6.61 Å². The standard InChI is InChI=1S/C15H16Cl3N3O3/c1-3-24-14(23)19-12(15(16,17)18)11-9(2)20-21(13(11)22)10-7-5-4-6-8-10/h4-8,11-12H,3H2,1-2H3,(H,19,23)/t11-,12-/m1/s1. The molecule has 0 bridgehead atoms. The Morgan fingerprint density at radius 3 is 2.54 bits per heavy atom. The second kappa shape index (κ2) is 7.59. The van der Waals surface area contributed by atoms with Crippen LogP contribution in [-0.2, 0) is 9.53 Å². The number of hydrazone groups is 1. The van der Waals surface area contributed by atoms with Gasteiger partial charge < -0.3 is 10.1 Å². The van der Waals surface area contributed by atoms with Crippen LogP contribution in [0.25, 0.3) is 0 Å². The Labute approximate surface area is 154 Å². The predicted molar refractivity (Wildman–Crippen MR) is 94.8 cm³/mol. The average Bonchev–Trinajstić information content (AvgIpc) is 2.80. The molecule has 1 aromatic carbocycles. The van der Waals surface area contributed by atoms with E-state index in [4.69, 9.17) is 39.5 Å². The smallest absolute Gasteiger partial charge is 0.407 e. The van der Waals surface area contributed by atoms with Crippen molar-refractivity contribution in [2.24, 2.45) is 11.0 Å². The van der Waals surface area contributed by atoms with E-state index in [1.807, 2.05) is 6.07 Å². The zero-order valence-corrected chi connectivity index (χ0v) is 15.3. The van der Waals surface area contributed by atoms with Crippen molar-refractivity contribution in [3.63, 3.8) is 0 Å². The number of ether oxygens (including phenoxy) is 1. The summed E-state index contributed by atoms with van der Waals surface area (Å²) >= 11 is 17.9. The van der Waals surface area contributed by atoms with Crippen LogP contribution in [-0.4, -0.2) is 34.2 Å². The van der Waals surface area contributed by atoms with Crippen LogP contribution in [0.4, 0.5) is 10.5 Å². The molecule has 9 heteroatoms. The van der Waals surface area contributed by atoms with Gasteiger partial charge in [0, 0.05) is 0 Å². The first-order valence-corrected chi connectivity index (χ1v) is 8.33. The number of hydrogen-bond donors (Lipinski definition) is 1. The number of hydrogen-bond acceptors (Lipinski definition) is 4.